The quantitative estimate of drug-likeness (QED) is 0.812. The van der Waals surface area contributed by atoms with Gasteiger partial charge in [0.05, 0.1) is 23.7 Å². The third-order valence-corrected chi connectivity index (χ3v) is 3.36. The summed E-state index contributed by atoms with van der Waals surface area (Å²) in [5, 5.41) is 11.6. The lowest BCUT2D eigenvalue weighted by Gasteiger charge is -2.18. The minimum Gasteiger partial charge on any atom is -0.481 e. The Balaban J connectivity index is 2.20. The van der Waals surface area contributed by atoms with Gasteiger partial charge in [-0.2, -0.15) is 0 Å². The zero-order chi connectivity index (χ0) is 19.3. The summed E-state index contributed by atoms with van der Waals surface area (Å²) in [5.74, 6) is -2.23. The molecule has 1 unspecified atom stereocenters. The van der Waals surface area contributed by atoms with Crippen LogP contribution in [0.4, 0.5) is 13.2 Å². The van der Waals surface area contributed by atoms with E-state index in [1.165, 1.54) is 24.7 Å². The number of alkyl halides is 3. The summed E-state index contributed by atoms with van der Waals surface area (Å²) < 4.78 is 40.4. The maximum absolute atomic E-state index is 12.3. The number of halogens is 3. The van der Waals surface area contributed by atoms with Gasteiger partial charge in [0.2, 0.25) is 0 Å². The van der Waals surface area contributed by atoms with Gasteiger partial charge in [-0.25, -0.2) is 9.97 Å². The van der Waals surface area contributed by atoms with Crippen LogP contribution in [0.5, 0.6) is 5.75 Å². The third kappa shape index (κ3) is 5.43. The zero-order valence-corrected chi connectivity index (χ0v) is 13.4. The van der Waals surface area contributed by atoms with Crippen LogP contribution in [0.3, 0.4) is 0 Å². The Labute approximate surface area is 145 Å². The van der Waals surface area contributed by atoms with Crippen molar-refractivity contribution in [2.24, 2.45) is 0 Å². The third-order valence-electron chi connectivity index (χ3n) is 3.36. The van der Waals surface area contributed by atoms with Crippen LogP contribution < -0.4 is 10.1 Å². The van der Waals surface area contributed by atoms with Crippen LogP contribution in [-0.4, -0.2) is 33.3 Å². The van der Waals surface area contributed by atoms with Crippen molar-refractivity contribution in [1.29, 1.82) is 0 Å². The van der Waals surface area contributed by atoms with Gasteiger partial charge in [0, 0.05) is 6.20 Å². The van der Waals surface area contributed by atoms with Crippen molar-refractivity contribution in [2.45, 2.75) is 25.7 Å². The van der Waals surface area contributed by atoms with Crippen molar-refractivity contribution in [3.63, 3.8) is 0 Å². The number of carbonyl (C=O) groups is 2. The first kappa shape index (κ1) is 19.2. The van der Waals surface area contributed by atoms with Gasteiger partial charge in [-0.15, -0.1) is 13.2 Å². The summed E-state index contributed by atoms with van der Waals surface area (Å²) in [5.41, 5.74) is 0.880. The van der Waals surface area contributed by atoms with Gasteiger partial charge in [0.15, 0.2) is 0 Å². The van der Waals surface area contributed by atoms with Crippen LogP contribution in [0, 0.1) is 6.92 Å². The Morgan fingerprint density at radius 2 is 1.92 bits per heavy atom. The number of carbonyl (C=O) groups excluding carboxylic acids is 1. The average Bonchev–Trinajstić information content (AvgIpc) is 2.53. The van der Waals surface area contributed by atoms with Gasteiger partial charge in [-0.1, -0.05) is 12.1 Å². The first-order valence-corrected chi connectivity index (χ1v) is 7.30. The molecule has 0 aliphatic heterocycles. The second-order valence-corrected chi connectivity index (χ2v) is 5.26. The lowest BCUT2D eigenvalue weighted by atomic mass is 10.0. The molecule has 1 atom stereocenters. The normalized spacial score (nSPS) is 12.3. The molecule has 138 valence electrons. The molecule has 2 N–H and O–H groups in total. The van der Waals surface area contributed by atoms with E-state index < -0.39 is 36.5 Å². The molecule has 0 aliphatic carbocycles. The number of benzene rings is 1. The van der Waals surface area contributed by atoms with Crippen molar-refractivity contribution in [3.8, 4) is 5.75 Å². The molecule has 1 aromatic carbocycles. The zero-order valence-electron chi connectivity index (χ0n) is 13.4. The standard InChI is InChI=1S/C16H14F3N3O4/c1-9-12(7-20-8-21-9)15(25)22-13(6-14(23)24)10-2-4-11(5-3-10)26-16(17,18)19/h2-5,7-8,13H,6H2,1H3,(H,22,25)(H,23,24). The summed E-state index contributed by atoms with van der Waals surface area (Å²) in [6, 6.07) is 3.63. The molecule has 0 spiro atoms. The fourth-order valence-corrected chi connectivity index (χ4v) is 2.18. The highest BCUT2D eigenvalue weighted by Crippen LogP contribution is 2.25. The van der Waals surface area contributed by atoms with Crippen LogP contribution in [0.2, 0.25) is 0 Å². The number of aryl methyl sites for hydroxylation is 1. The van der Waals surface area contributed by atoms with E-state index in [0.29, 0.717) is 11.3 Å². The van der Waals surface area contributed by atoms with Crippen LogP contribution in [-0.2, 0) is 4.79 Å². The SMILES string of the molecule is Cc1ncncc1C(=O)NC(CC(=O)O)c1ccc(OC(F)(F)F)cc1. The number of nitrogens with zero attached hydrogens (tertiary/aromatic N) is 2. The number of hydrogen-bond acceptors (Lipinski definition) is 5. The Kier molecular flexibility index (Phi) is 5.75. The monoisotopic (exact) mass is 369 g/mol. The molecule has 1 amide bonds. The topological polar surface area (TPSA) is 101 Å². The highest BCUT2D eigenvalue weighted by Gasteiger charge is 2.31. The molecular formula is C16H14F3N3O4. The number of carboxylic acid groups (broad SMARTS) is 1. The average molecular weight is 369 g/mol. The predicted molar refractivity (Wildman–Crippen MR) is 82.4 cm³/mol. The maximum Gasteiger partial charge on any atom is 0.573 e. The maximum atomic E-state index is 12.3. The molecule has 7 nitrogen and oxygen atoms in total. The number of carboxylic acids is 1. The number of rotatable bonds is 6. The van der Waals surface area contributed by atoms with Crippen molar-refractivity contribution >= 4 is 11.9 Å². The van der Waals surface area contributed by atoms with Crippen molar-refractivity contribution < 1.29 is 32.6 Å². The van der Waals surface area contributed by atoms with E-state index in [4.69, 9.17) is 5.11 Å². The van der Waals surface area contributed by atoms with Crippen molar-refractivity contribution in [2.75, 3.05) is 0 Å². The van der Waals surface area contributed by atoms with E-state index >= 15 is 0 Å². The lowest BCUT2D eigenvalue weighted by molar-refractivity contribution is -0.274. The summed E-state index contributed by atoms with van der Waals surface area (Å²) in [7, 11) is 0. The molecule has 10 heteroatoms. The highest BCUT2D eigenvalue weighted by molar-refractivity contribution is 5.95. The lowest BCUT2D eigenvalue weighted by Crippen LogP contribution is -2.31. The van der Waals surface area contributed by atoms with E-state index in [1.54, 1.807) is 6.92 Å². The van der Waals surface area contributed by atoms with E-state index in [2.05, 4.69) is 20.0 Å². The van der Waals surface area contributed by atoms with Crippen molar-refractivity contribution in [1.82, 2.24) is 15.3 Å². The van der Waals surface area contributed by atoms with E-state index in [9.17, 15) is 22.8 Å². The highest BCUT2D eigenvalue weighted by atomic mass is 19.4. The van der Waals surface area contributed by atoms with Gasteiger partial charge in [0.1, 0.15) is 12.1 Å². The van der Waals surface area contributed by atoms with E-state index in [0.717, 1.165) is 12.1 Å². The molecule has 0 saturated carbocycles. The number of hydrogen-bond donors (Lipinski definition) is 2. The first-order chi connectivity index (χ1) is 12.2. The molecule has 26 heavy (non-hydrogen) atoms. The van der Waals surface area contributed by atoms with Crippen LogP contribution in [0.15, 0.2) is 36.8 Å². The summed E-state index contributed by atoms with van der Waals surface area (Å²) in [6.45, 7) is 1.59. The van der Waals surface area contributed by atoms with E-state index in [-0.39, 0.29) is 5.56 Å². The molecular weight excluding hydrogens is 355 g/mol. The molecule has 0 fully saturated rings. The Morgan fingerprint density at radius 3 is 2.46 bits per heavy atom. The van der Waals surface area contributed by atoms with Gasteiger partial charge < -0.3 is 15.2 Å². The van der Waals surface area contributed by atoms with Crippen LogP contribution >= 0.6 is 0 Å². The van der Waals surface area contributed by atoms with Crippen molar-refractivity contribution in [3.05, 3.63) is 53.6 Å². The van der Waals surface area contributed by atoms with Crippen LogP contribution in [0.1, 0.15) is 34.1 Å². The van der Waals surface area contributed by atoms with Gasteiger partial charge in [-0.05, 0) is 24.6 Å². The fourth-order valence-electron chi connectivity index (χ4n) is 2.18. The molecule has 1 aromatic heterocycles. The Hall–Kier alpha value is -3.17. The first-order valence-electron chi connectivity index (χ1n) is 7.30. The Morgan fingerprint density at radius 1 is 1.27 bits per heavy atom. The number of nitrogens with one attached hydrogen (secondary N) is 1. The molecule has 0 bridgehead atoms. The minimum atomic E-state index is -4.83. The Bertz CT molecular complexity index is 794. The second kappa shape index (κ2) is 7.81. The summed E-state index contributed by atoms with van der Waals surface area (Å²) in [6.07, 6.45) is -2.74. The van der Waals surface area contributed by atoms with Gasteiger partial charge >= 0.3 is 12.3 Å². The predicted octanol–water partition coefficient (Wildman–Crippen LogP) is 2.63. The second-order valence-electron chi connectivity index (χ2n) is 5.26. The summed E-state index contributed by atoms with van der Waals surface area (Å²) in [4.78, 5) is 31.0. The summed E-state index contributed by atoms with van der Waals surface area (Å²) >= 11 is 0. The molecule has 2 rings (SSSR count). The number of aliphatic carboxylic acids is 1. The van der Waals surface area contributed by atoms with Crippen LogP contribution in [0.25, 0.3) is 0 Å². The largest absolute Gasteiger partial charge is 0.573 e. The molecule has 0 saturated heterocycles. The smallest absolute Gasteiger partial charge is 0.481 e. The molecule has 0 aliphatic rings. The molecule has 1 heterocycles. The molecule has 0 radical (unpaired) electrons. The number of ether oxygens (including phenoxy) is 1. The molecule has 2 aromatic rings. The number of amides is 1. The van der Waals surface area contributed by atoms with Gasteiger partial charge in [-0.3, -0.25) is 9.59 Å². The number of aromatic nitrogens is 2. The van der Waals surface area contributed by atoms with Gasteiger partial charge in [0.25, 0.3) is 5.91 Å². The minimum absolute atomic E-state index is 0.167. The fraction of sp³-hybridized carbons (Fsp3) is 0.250. The van der Waals surface area contributed by atoms with E-state index in [1.807, 2.05) is 0 Å².